The monoisotopic (exact) mass is 257 g/mol. The van der Waals surface area contributed by atoms with Crippen LogP contribution in [0.15, 0.2) is 35.3 Å². The van der Waals surface area contributed by atoms with Gasteiger partial charge < -0.3 is 10.3 Å². The maximum atomic E-state index is 12.1. The lowest BCUT2D eigenvalue weighted by atomic mass is 10.1. The van der Waals surface area contributed by atoms with Gasteiger partial charge in [0.05, 0.1) is 5.56 Å². The molecular weight excluding hydrogens is 242 g/mol. The van der Waals surface area contributed by atoms with Gasteiger partial charge in [0.25, 0.3) is 5.91 Å². The summed E-state index contributed by atoms with van der Waals surface area (Å²) in [5, 5.41) is 2.77. The minimum Gasteiger partial charge on any atom is -0.326 e. The van der Waals surface area contributed by atoms with E-state index in [1.54, 1.807) is 13.1 Å². The van der Waals surface area contributed by atoms with Crippen LogP contribution < -0.4 is 10.9 Å². The van der Waals surface area contributed by atoms with Crippen LogP contribution in [0, 0.1) is 6.92 Å². The first-order valence-electron chi connectivity index (χ1n) is 6.07. The number of nitrogens with one attached hydrogen (secondary N) is 2. The number of hydrogen-bond acceptors (Lipinski definition) is 3. The van der Waals surface area contributed by atoms with Gasteiger partial charge in [0.1, 0.15) is 5.82 Å². The molecule has 0 saturated heterocycles. The Labute approximate surface area is 110 Å². The third kappa shape index (κ3) is 2.88. The van der Waals surface area contributed by atoms with E-state index in [4.69, 9.17) is 0 Å². The number of carbonyl (C=O) groups excluding carboxylic acids is 1. The van der Waals surface area contributed by atoms with Gasteiger partial charge in [0.15, 0.2) is 0 Å². The number of nitrogens with zero attached hydrogens (tertiary/aromatic N) is 1. The SMILES string of the molecule is CCc1cccnc1NC(=O)c1ccc(=O)[nH]c1C. The summed E-state index contributed by atoms with van der Waals surface area (Å²) in [6.07, 6.45) is 2.42. The molecule has 2 aromatic rings. The zero-order chi connectivity index (χ0) is 13.8. The van der Waals surface area contributed by atoms with Crippen molar-refractivity contribution < 1.29 is 4.79 Å². The normalized spacial score (nSPS) is 10.2. The van der Waals surface area contributed by atoms with Crippen LogP contribution in [0.4, 0.5) is 5.82 Å². The smallest absolute Gasteiger partial charge is 0.258 e. The highest BCUT2D eigenvalue weighted by Gasteiger charge is 2.11. The Balaban J connectivity index is 2.28. The summed E-state index contributed by atoms with van der Waals surface area (Å²) >= 11 is 0. The fraction of sp³-hybridized carbons (Fsp3) is 0.214. The average molecular weight is 257 g/mol. The Morgan fingerprint density at radius 2 is 2.16 bits per heavy atom. The first-order valence-corrected chi connectivity index (χ1v) is 6.07. The van der Waals surface area contributed by atoms with E-state index in [0.717, 1.165) is 12.0 Å². The van der Waals surface area contributed by atoms with Gasteiger partial charge in [-0.2, -0.15) is 0 Å². The van der Waals surface area contributed by atoms with E-state index in [0.29, 0.717) is 17.1 Å². The number of anilines is 1. The molecule has 0 saturated carbocycles. The van der Waals surface area contributed by atoms with Crippen molar-refractivity contribution in [1.29, 1.82) is 0 Å². The van der Waals surface area contributed by atoms with Crippen molar-refractivity contribution in [3.05, 3.63) is 57.6 Å². The first kappa shape index (κ1) is 13.0. The Bertz CT molecular complexity index is 662. The minimum atomic E-state index is -0.276. The van der Waals surface area contributed by atoms with Gasteiger partial charge in [0.2, 0.25) is 5.56 Å². The maximum absolute atomic E-state index is 12.1. The van der Waals surface area contributed by atoms with Crippen LogP contribution in [0.2, 0.25) is 0 Å². The van der Waals surface area contributed by atoms with E-state index in [1.807, 2.05) is 19.1 Å². The number of aromatic nitrogens is 2. The van der Waals surface area contributed by atoms with Gasteiger partial charge in [-0.15, -0.1) is 0 Å². The molecule has 0 fully saturated rings. The molecule has 0 radical (unpaired) electrons. The lowest BCUT2D eigenvalue weighted by molar-refractivity contribution is 0.102. The highest BCUT2D eigenvalue weighted by Crippen LogP contribution is 2.13. The Hall–Kier alpha value is -2.43. The molecule has 0 atom stereocenters. The minimum absolute atomic E-state index is 0.221. The van der Waals surface area contributed by atoms with E-state index in [9.17, 15) is 9.59 Å². The molecule has 0 aliphatic heterocycles. The summed E-state index contributed by atoms with van der Waals surface area (Å²) in [5.41, 5.74) is 1.73. The van der Waals surface area contributed by atoms with Crippen LogP contribution in [0.25, 0.3) is 0 Å². The van der Waals surface area contributed by atoms with E-state index < -0.39 is 0 Å². The summed E-state index contributed by atoms with van der Waals surface area (Å²) in [4.78, 5) is 30.0. The van der Waals surface area contributed by atoms with Crippen LogP contribution in [0.3, 0.4) is 0 Å². The third-order valence-corrected chi connectivity index (χ3v) is 2.86. The Morgan fingerprint density at radius 1 is 1.37 bits per heavy atom. The van der Waals surface area contributed by atoms with Crippen LogP contribution in [0.5, 0.6) is 0 Å². The van der Waals surface area contributed by atoms with Crippen molar-refractivity contribution in [2.75, 3.05) is 5.32 Å². The number of H-pyrrole nitrogens is 1. The number of pyridine rings is 2. The molecule has 2 rings (SSSR count). The molecule has 0 aliphatic carbocycles. The van der Waals surface area contributed by atoms with Gasteiger partial charge in [-0.1, -0.05) is 13.0 Å². The van der Waals surface area contributed by atoms with Crippen LogP contribution >= 0.6 is 0 Å². The fourth-order valence-electron chi connectivity index (χ4n) is 1.84. The molecule has 0 aliphatic rings. The van der Waals surface area contributed by atoms with Crippen LogP contribution in [-0.4, -0.2) is 15.9 Å². The first-order chi connectivity index (χ1) is 9.11. The average Bonchev–Trinajstić information content (AvgIpc) is 2.39. The predicted octanol–water partition coefficient (Wildman–Crippen LogP) is 1.89. The molecule has 5 nitrogen and oxygen atoms in total. The van der Waals surface area contributed by atoms with Gasteiger partial charge in [-0.3, -0.25) is 9.59 Å². The molecular formula is C14H15N3O2. The van der Waals surface area contributed by atoms with Crippen LogP contribution in [-0.2, 0) is 6.42 Å². The lowest BCUT2D eigenvalue weighted by Gasteiger charge is -2.09. The van der Waals surface area contributed by atoms with Crippen molar-refractivity contribution in [3.8, 4) is 0 Å². The quantitative estimate of drug-likeness (QED) is 0.881. The number of aromatic amines is 1. The lowest BCUT2D eigenvalue weighted by Crippen LogP contribution is -2.18. The number of aryl methyl sites for hydroxylation is 2. The van der Waals surface area contributed by atoms with E-state index in [-0.39, 0.29) is 11.5 Å². The molecule has 2 aromatic heterocycles. The summed E-state index contributed by atoms with van der Waals surface area (Å²) in [6, 6.07) is 6.60. The molecule has 1 amide bonds. The van der Waals surface area contributed by atoms with Gasteiger partial charge in [-0.05, 0) is 31.0 Å². The summed E-state index contributed by atoms with van der Waals surface area (Å²) in [5.74, 6) is 0.280. The largest absolute Gasteiger partial charge is 0.326 e. The van der Waals surface area contributed by atoms with Crippen molar-refractivity contribution in [2.45, 2.75) is 20.3 Å². The molecule has 0 unspecified atom stereocenters. The molecule has 2 N–H and O–H groups in total. The maximum Gasteiger partial charge on any atom is 0.258 e. The molecule has 0 bridgehead atoms. The van der Waals surface area contributed by atoms with Crippen molar-refractivity contribution in [1.82, 2.24) is 9.97 Å². The Kier molecular flexibility index (Phi) is 3.75. The number of hydrogen-bond donors (Lipinski definition) is 2. The third-order valence-electron chi connectivity index (χ3n) is 2.86. The van der Waals surface area contributed by atoms with Crippen molar-refractivity contribution in [3.63, 3.8) is 0 Å². The van der Waals surface area contributed by atoms with Crippen LogP contribution in [0.1, 0.15) is 28.5 Å². The zero-order valence-corrected chi connectivity index (χ0v) is 10.9. The molecule has 2 heterocycles. The second-order valence-electron chi connectivity index (χ2n) is 4.18. The highest BCUT2D eigenvalue weighted by atomic mass is 16.2. The molecule has 0 aromatic carbocycles. The van der Waals surface area contributed by atoms with Crippen molar-refractivity contribution >= 4 is 11.7 Å². The fourth-order valence-corrected chi connectivity index (χ4v) is 1.84. The highest BCUT2D eigenvalue weighted by molar-refractivity contribution is 6.04. The molecule has 19 heavy (non-hydrogen) atoms. The second kappa shape index (κ2) is 5.48. The van der Waals surface area contributed by atoms with E-state index >= 15 is 0 Å². The summed E-state index contributed by atoms with van der Waals surface area (Å²) < 4.78 is 0. The topological polar surface area (TPSA) is 74.8 Å². The van der Waals surface area contributed by atoms with Gasteiger partial charge in [-0.25, -0.2) is 4.98 Å². The summed E-state index contributed by atoms with van der Waals surface area (Å²) in [7, 11) is 0. The molecule has 5 heteroatoms. The van der Waals surface area contributed by atoms with E-state index in [2.05, 4.69) is 15.3 Å². The van der Waals surface area contributed by atoms with Gasteiger partial charge in [0, 0.05) is 18.0 Å². The summed E-state index contributed by atoms with van der Waals surface area (Å²) in [6.45, 7) is 3.69. The zero-order valence-electron chi connectivity index (χ0n) is 10.9. The molecule has 98 valence electrons. The standard InChI is InChI=1S/C14H15N3O2/c1-3-10-5-4-8-15-13(10)17-14(19)11-6-7-12(18)16-9(11)2/h4-8H,3H2,1-2H3,(H,16,18)(H,15,17,19). The van der Waals surface area contributed by atoms with Gasteiger partial charge >= 0.3 is 0 Å². The van der Waals surface area contributed by atoms with Crippen molar-refractivity contribution in [2.24, 2.45) is 0 Å². The molecule has 0 spiro atoms. The number of amides is 1. The number of rotatable bonds is 3. The Morgan fingerprint density at radius 3 is 2.84 bits per heavy atom. The predicted molar refractivity (Wildman–Crippen MR) is 73.4 cm³/mol. The number of carbonyl (C=O) groups is 1. The van der Waals surface area contributed by atoms with E-state index in [1.165, 1.54) is 12.1 Å². The second-order valence-corrected chi connectivity index (χ2v) is 4.18.